The highest BCUT2D eigenvalue weighted by Crippen LogP contribution is 2.07. The Morgan fingerprint density at radius 3 is 2.57 bits per heavy atom. The van der Waals surface area contributed by atoms with Crippen molar-refractivity contribution < 1.29 is 0 Å². The Kier molecular flexibility index (Phi) is 15.0. The van der Waals surface area contributed by atoms with Gasteiger partial charge in [0.1, 0.15) is 0 Å². The number of halogens is 1. The van der Waals surface area contributed by atoms with Crippen LogP contribution in [0.2, 0.25) is 0 Å². The molecule has 6 heteroatoms. The van der Waals surface area contributed by atoms with Gasteiger partial charge in [0.15, 0.2) is 5.96 Å². The molecule has 0 saturated heterocycles. The molecule has 134 valence electrons. The first-order chi connectivity index (χ1) is 10.8. The summed E-state index contributed by atoms with van der Waals surface area (Å²) in [5.41, 5.74) is 0. The predicted octanol–water partition coefficient (Wildman–Crippen LogP) is 3.59. The number of nitrogens with one attached hydrogen (secondary N) is 2. The molecule has 0 amide bonds. The predicted molar refractivity (Wildman–Crippen MR) is 114 cm³/mol. The van der Waals surface area contributed by atoms with Gasteiger partial charge >= 0.3 is 0 Å². The number of rotatable bonds is 11. The third-order valence-corrected chi connectivity index (χ3v) is 4.57. The van der Waals surface area contributed by atoms with Crippen molar-refractivity contribution in [2.75, 3.05) is 39.3 Å². The fourth-order valence-corrected chi connectivity index (χ4v) is 2.99. The number of guanidine groups is 1. The smallest absolute Gasteiger partial charge is 0.191 e. The van der Waals surface area contributed by atoms with Gasteiger partial charge in [0.2, 0.25) is 0 Å². The van der Waals surface area contributed by atoms with E-state index >= 15 is 0 Å². The number of thiophene rings is 1. The van der Waals surface area contributed by atoms with Crippen molar-refractivity contribution in [3.8, 4) is 0 Å². The minimum atomic E-state index is 0. The van der Waals surface area contributed by atoms with Crippen LogP contribution in [0, 0.1) is 0 Å². The SMILES string of the molecule is CCNC(=NCCCCN(CC)CC)NCCc1cccs1.I. The lowest BCUT2D eigenvalue weighted by Crippen LogP contribution is -2.38. The second kappa shape index (κ2) is 15.2. The Bertz CT molecular complexity index is 391. The summed E-state index contributed by atoms with van der Waals surface area (Å²) in [6.07, 6.45) is 3.43. The average Bonchev–Trinajstić information content (AvgIpc) is 3.04. The zero-order valence-corrected chi connectivity index (χ0v) is 18.0. The molecule has 0 fully saturated rings. The van der Waals surface area contributed by atoms with E-state index in [9.17, 15) is 0 Å². The lowest BCUT2D eigenvalue weighted by Gasteiger charge is -2.17. The highest BCUT2D eigenvalue weighted by atomic mass is 127. The molecule has 1 heterocycles. The van der Waals surface area contributed by atoms with Crippen LogP contribution in [0.5, 0.6) is 0 Å². The molecule has 4 nitrogen and oxygen atoms in total. The van der Waals surface area contributed by atoms with E-state index in [0.717, 1.165) is 51.5 Å². The molecule has 0 spiro atoms. The van der Waals surface area contributed by atoms with Crippen LogP contribution in [0.3, 0.4) is 0 Å². The molecule has 0 saturated carbocycles. The summed E-state index contributed by atoms with van der Waals surface area (Å²) in [6, 6.07) is 4.29. The minimum Gasteiger partial charge on any atom is -0.357 e. The summed E-state index contributed by atoms with van der Waals surface area (Å²) in [5, 5.41) is 8.86. The Morgan fingerprint density at radius 1 is 1.17 bits per heavy atom. The zero-order chi connectivity index (χ0) is 16.0. The third kappa shape index (κ3) is 10.9. The van der Waals surface area contributed by atoms with Gasteiger partial charge in [0.25, 0.3) is 0 Å². The summed E-state index contributed by atoms with van der Waals surface area (Å²) in [5.74, 6) is 0.946. The molecular weight excluding hydrogens is 419 g/mol. The average molecular weight is 452 g/mol. The molecule has 0 aliphatic rings. The fourth-order valence-electron chi connectivity index (χ4n) is 2.28. The number of unbranched alkanes of at least 4 members (excludes halogenated alkanes) is 1. The van der Waals surface area contributed by atoms with Gasteiger partial charge in [-0.25, -0.2) is 0 Å². The molecule has 0 aromatic carbocycles. The summed E-state index contributed by atoms with van der Waals surface area (Å²) in [4.78, 5) is 8.55. The van der Waals surface area contributed by atoms with Gasteiger partial charge in [-0.3, -0.25) is 4.99 Å². The molecular formula is C17H33IN4S. The van der Waals surface area contributed by atoms with Crippen molar-refractivity contribution in [3.63, 3.8) is 0 Å². The molecule has 1 aromatic heterocycles. The van der Waals surface area contributed by atoms with Crippen LogP contribution < -0.4 is 10.6 Å². The van der Waals surface area contributed by atoms with Crippen molar-refractivity contribution in [2.24, 2.45) is 4.99 Å². The van der Waals surface area contributed by atoms with Crippen molar-refractivity contribution >= 4 is 41.3 Å². The van der Waals surface area contributed by atoms with E-state index in [2.05, 4.69) is 58.8 Å². The van der Waals surface area contributed by atoms with Gasteiger partial charge in [-0.05, 0) is 57.3 Å². The lowest BCUT2D eigenvalue weighted by molar-refractivity contribution is 0.297. The molecule has 0 aliphatic heterocycles. The Labute approximate surface area is 163 Å². The van der Waals surface area contributed by atoms with E-state index in [-0.39, 0.29) is 24.0 Å². The summed E-state index contributed by atoms with van der Waals surface area (Å²) < 4.78 is 0. The molecule has 0 aliphatic carbocycles. The van der Waals surface area contributed by atoms with E-state index in [1.54, 1.807) is 0 Å². The first kappa shape index (κ1) is 22.7. The highest BCUT2D eigenvalue weighted by Gasteiger charge is 2.00. The van der Waals surface area contributed by atoms with Crippen LogP contribution in [0.4, 0.5) is 0 Å². The van der Waals surface area contributed by atoms with Gasteiger partial charge in [0, 0.05) is 24.5 Å². The molecule has 0 atom stereocenters. The maximum absolute atomic E-state index is 4.66. The van der Waals surface area contributed by atoms with Crippen molar-refractivity contribution in [3.05, 3.63) is 22.4 Å². The van der Waals surface area contributed by atoms with E-state index in [1.807, 2.05) is 11.3 Å². The monoisotopic (exact) mass is 452 g/mol. The van der Waals surface area contributed by atoms with Crippen LogP contribution in [-0.4, -0.2) is 50.1 Å². The normalized spacial score (nSPS) is 11.4. The van der Waals surface area contributed by atoms with Crippen molar-refractivity contribution in [1.29, 1.82) is 0 Å². The molecule has 1 aromatic rings. The van der Waals surface area contributed by atoms with E-state index < -0.39 is 0 Å². The zero-order valence-electron chi connectivity index (χ0n) is 14.8. The molecule has 0 unspecified atom stereocenters. The number of hydrogen-bond acceptors (Lipinski definition) is 3. The summed E-state index contributed by atoms with van der Waals surface area (Å²) >= 11 is 1.81. The number of nitrogens with zero attached hydrogens (tertiary/aromatic N) is 2. The van der Waals surface area contributed by atoms with Crippen molar-refractivity contribution in [1.82, 2.24) is 15.5 Å². The van der Waals surface area contributed by atoms with Gasteiger partial charge in [-0.2, -0.15) is 0 Å². The number of aliphatic imine (C=N–C) groups is 1. The third-order valence-electron chi connectivity index (χ3n) is 3.63. The number of hydrogen-bond donors (Lipinski definition) is 2. The fraction of sp³-hybridized carbons (Fsp3) is 0.706. The van der Waals surface area contributed by atoms with Crippen LogP contribution in [-0.2, 0) is 6.42 Å². The van der Waals surface area contributed by atoms with E-state index in [0.29, 0.717) is 0 Å². The molecule has 0 radical (unpaired) electrons. The van der Waals surface area contributed by atoms with Gasteiger partial charge in [-0.1, -0.05) is 19.9 Å². The maximum atomic E-state index is 4.66. The first-order valence-corrected chi connectivity index (χ1v) is 9.45. The molecule has 2 N–H and O–H groups in total. The maximum Gasteiger partial charge on any atom is 0.191 e. The molecule has 23 heavy (non-hydrogen) atoms. The van der Waals surface area contributed by atoms with Crippen LogP contribution in [0.15, 0.2) is 22.5 Å². The molecule has 1 rings (SSSR count). The van der Waals surface area contributed by atoms with Gasteiger partial charge < -0.3 is 15.5 Å². The summed E-state index contributed by atoms with van der Waals surface area (Å²) in [7, 11) is 0. The second-order valence-corrected chi connectivity index (χ2v) is 6.28. The quantitative estimate of drug-likeness (QED) is 0.233. The Balaban J connectivity index is 0.00000484. The van der Waals surface area contributed by atoms with E-state index in [1.165, 1.54) is 17.8 Å². The van der Waals surface area contributed by atoms with Gasteiger partial charge in [-0.15, -0.1) is 35.3 Å². The topological polar surface area (TPSA) is 39.7 Å². The lowest BCUT2D eigenvalue weighted by atomic mass is 10.3. The standard InChI is InChI=1S/C17H32N4S.HI/c1-4-18-17(20-13-11-16-10-9-15-22-16)19-12-7-8-14-21(5-2)6-3;/h9-10,15H,4-8,11-14H2,1-3H3,(H2,18,19,20);1H. The molecule has 0 bridgehead atoms. The van der Waals surface area contributed by atoms with E-state index in [4.69, 9.17) is 0 Å². The van der Waals surface area contributed by atoms with Gasteiger partial charge in [0.05, 0.1) is 0 Å². The van der Waals surface area contributed by atoms with Crippen molar-refractivity contribution in [2.45, 2.75) is 40.0 Å². The second-order valence-electron chi connectivity index (χ2n) is 5.25. The summed E-state index contributed by atoms with van der Waals surface area (Å²) in [6.45, 7) is 12.8. The van der Waals surface area contributed by atoms with Crippen LogP contribution in [0.1, 0.15) is 38.5 Å². The largest absolute Gasteiger partial charge is 0.357 e. The highest BCUT2D eigenvalue weighted by molar-refractivity contribution is 14.0. The Morgan fingerprint density at radius 2 is 1.96 bits per heavy atom. The first-order valence-electron chi connectivity index (χ1n) is 8.57. The van der Waals surface area contributed by atoms with Crippen LogP contribution >= 0.6 is 35.3 Å². The Hall–Kier alpha value is -0.340. The minimum absolute atomic E-state index is 0. The van der Waals surface area contributed by atoms with Crippen LogP contribution in [0.25, 0.3) is 0 Å².